The van der Waals surface area contributed by atoms with Crippen LogP contribution in [0.5, 0.6) is 0 Å². The van der Waals surface area contributed by atoms with Crippen molar-refractivity contribution in [3.05, 3.63) is 12.2 Å². The third-order valence-electron chi connectivity index (χ3n) is 4.36. The minimum absolute atomic E-state index is 0.346. The number of carbonyl (C=O) groups excluding carboxylic acids is 3. The first-order valence-electron chi connectivity index (χ1n) is 10.5. The highest BCUT2D eigenvalue weighted by Gasteiger charge is 2.02. The van der Waals surface area contributed by atoms with Gasteiger partial charge in [0.15, 0.2) is 0 Å². The van der Waals surface area contributed by atoms with Crippen molar-refractivity contribution in [1.82, 2.24) is 5.32 Å². The number of carbonyl (C=O) groups is 3. The lowest BCUT2D eigenvalue weighted by molar-refractivity contribution is -0.138. The number of amides is 3. The van der Waals surface area contributed by atoms with E-state index in [0.29, 0.717) is 6.61 Å². The van der Waals surface area contributed by atoms with Crippen LogP contribution in [0.25, 0.3) is 0 Å². The molecule has 0 aliphatic carbocycles. The van der Waals surface area contributed by atoms with Crippen LogP contribution in [0.2, 0.25) is 0 Å². The van der Waals surface area contributed by atoms with E-state index in [1.807, 2.05) is 5.32 Å². The molecule has 0 spiro atoms. The highest BCUT2D eigenvalue weighted by molar-refractivity contribution is 6.02. The van der Waals surface area contributed by atoms with E-state index >= 15 is 0 Å². The van der Waals surface area contributed by atoms with Crippen LogP contribution in [0, 0.1) is 0 Å². The highest BCUT2D eigenvalue weighted by atomic mass is 16.5. The summed E-state index contributed by atoms with van der Waals surface area (Å²) in [4.78, 5) is 32.8. The second kappa shape index (κ2) is 18.9. The van der Waals surface area contributed by atoms with Gasteiger partial charge in [-0.05, 0) is 6.42 Å². The number of esters is 1. The number of unbranched alkanes of at least 4 members (excludes halogenated alkanes) is 13. The van der Waals surface area contributed by atoms with Gasteiger partial charge in [0.05, 0.1) is 6.61 Å². The fourth-order valence-corrected chi connectivity index (χ4v) is 2.82. The fraction of sp³-hybridized carbons (Fsp3) is 0.762. The molecule has 3 amide bonds. The Balaban J connectivity index is 3.31. The molecule has 0 rings (SSSR count). The molecule has 0 atom stereocenters. The van der Waals surface area contributed by atoms with Gasteiger partial charge >= 0.3 is 12.0 Å². The SMILES string of the molecule is CCCCCCCCCCCCCCCCOC(=O)/C=C\C(=O)NC(N)=O. The maximum Gasteiger partial charge on any atom is 0.330 e. The fourth-order valence-electron chi connectivity index (χ4n) is 2.82. The molecule has 0 fully saturated rings. The molecule has 0 bridgehead atoms. The van der Waals surface area contributed by atoms with Crippen molar-refractivity contribution in [3.63, 3.8) is 0 Å². The minimum atomic E-state index is -0.958. The van der Waals surface area contributed by atoms with Crippen molar-refractivity contribution in [2.75, 3.05) is 6.61 Å². The lowest BCUT2D eigenvalue weighted by atomic mass is 10.0. The van der Waals surface area contributed by atoms with Crippen molar-refractivity contribution in [1.29, 1.82) is 0 Å². The van der Waals surface area contributed by atoms with E-state index in [2.05, 4.69) is 6.92 Å². The van der Waals surface area contributed by atoms with E-state index in [1.54, 1.807) is 0 Å². The number of nitrogens with one attached hydrogen (secondary N) is 1. The van der Waals surface area contributed by atoms with Crippen molar-refractivity contribution in [2.45, 2.75) is 96.8 Å². The Morgan fingerprint density at radius 1 is 0.741 bits per heavy atom. The summed E-state index contributed by atoms with van der Waals surface area (Å²) in [6, 6.07) is -0.958. The van der Waals surface area contributed by atoms with Crippen molar-refractivity contribution in [3.8, 4) is 0 Å². The van der Waals surface area contributed by atoms with E-state index in [0.717, 1.165) is 31.4 Å². The topological polar surface area (TPSA) is 98.5 Å². The first kappa shape index (κ1) is 25.1. The molecule has 0 saturated carbocycles. The number of imide groups is 1. The summed E-state index contributed by atoms with van der Waals surface area (Å²) in [5, 5.41) is 1.83. The Kier molecular flexibility index (Phi) is 17.6. The molecule has 156 valence electrons. The molecule has 0 heterocycles. The minimum Gasteiger partial charge on any atom is -0.463 e. The Morgan fingerprint density at radius 2 is 1.19 bits per heavy atom. The summed E-state index contributed by atoms with van der Waals surface area (Å²) in [7, 11) is 0. The van der Waals surface area contributed by atoms with Crippen LogP contribution in [-0.4, -0.2) is 24.5 Å². The summed E-state index contributed by atoms with van der Waals surface area (Å²) in [6.45, 7) is 2.60. The molecule has 0 saturated heterocycles. The molecule has 0 unspecified atom stereocenters. The Bertz CT molecular complexity index is 436. The largest absolute Gasteiger partial charge is 0.463 e. The van der Waals surface area contributed by atoms with Crippen molar-refractivity contribution in [2.24, 2.45) is 5.73 Å². The zero-order valence-corrected chi connectivity index (χ0v) is 17.0. The van der Waals surface area contributed by atoms with Crippen LogP contribution in [0.15, 0.2) is 12.2 Å². The molecular weight excluding hydrogens is 344 g/mol. The van der Waals surface area contributed by atoms with Gasteiger partial charge in [0.25, 0.3) is 5.91 Å². The van der Waals surface area contributed by atoms with E-state index in [9.17, 15) is 14.4 Å². The summed E-state index contributed by atoms with van der Waals surface area (Å²) in [6.07, 6.45) is 19.8. The van der Waals surface area contributed by atoms with E-state index in [-0.39, 0.29) is 0 Å². The molecule has 0 aromatic carbocycles. The van der Waals surface area contributed by atoms with Gasteiger partial charge in [-0.2, -0.15) is 0 Å². The van der Waals surface area contributed by atoms with Gasteiger partial charge in [-0.25, -0.2) is 9.59 Å². The Hall–Kier alpha value is -1.85. The van der Waals surface area contributed by atoms with E-state index in [4.69, 9.17) is 10.5 Å². The Morgan fingerprint density at radius 3 is 1.63 bits per heavy atom. The van der Waals surface area contributed by atoms with Gasteiger partial charge in [0.1, 0.15) is 0 Å². The third-order valence-corrected chi connectivity index (χ3v) is 4.36. The van der Waals surface area contributed by atoms with Crippen LogP contribution in [0.4, 0.5) is 4.79 Å². The van der Waals surface area contributed by atoms with Crippen molar-refractivity contribution >= 4 is 17.9 Å². The molecule has 27 heavy (non-hydrogen) atoms. The van der Waals surface area contributed by atoms with Crippen LogP contribution in [0.3, 0.4) is 0 Å². The second-order valence-electron chi connectivity index (χ2n) is 6.95. The lowest BCUT2D eigenvalue weighted by Crippen LogP contribution is -2.33. The zero-order chi connectivity index (χ0) is 20.2. The zero-order valence-electron chi connectivity index (χ0n) is 17.0. The molecule has 0 aromatic rings. The standard InChI is InChI=1S/C21H38N2O4/c1-2-3-4-5-6-7-8-9-10-11-12-13-14-15-18-27-20(25)17-16-19(24)23-21(22)26/h16-17H,2-15,18H2,1H3,(H3,22,23,24,26)/b17-16-. The predicted octanol–water partition coefficient (Wildman–Crippen LogP) is 4.76. The quantitative estimate of drug-likeness (QED) is 0.215. The number of urea groups is 1. The third kappa shape index (κ3) is 20.3. The number of hydrogen-bond donors (Lipinski definition) is 2. The van der Waals surface area contributed by atoms with Gasteiger partial charge in [-0.3, -0.25) is 10.1 Å². The normalized spacial score (nSPS) is 10.9. The average molecular weight is 383 g/mol. The van der Waals surface area contributed by atoms with Crippen LogP contribution >= 0.6 is 0 Å². The van der Waals surface area contributed by atoms with E-state index in [1.165, 1.54) is 70.6 Å². The average Bonchev–Trinajstić information content (AvgIpc) is 2.62. The molecule has 0 aliphatic heterocycles. The predicted molar refractivity (Wildman–Crippen MR) is 108 cm³/mol. The van der Waals surface area contributed by atoms with Crippen LogP contribution < -0.4 is 11.1 Å². The van der Waals surface area contributed by atoms with E-state index < -0.39 is 17.9 Å². The van der Waals surface area contributed by atoms with Gasteiger partial charge in [-0.15, -0.1) is 0 Å². The number of rotatable bonds is 17. The molecular formula is C21H38N2O4. The van der Waals surface area contributed by atoms with Gasteiger partial charge < -0.3 is 10.5 Å². The first-order valence-corrected chi connectivity index (χ1v) is 10.5. The second-order valence-corrected chi connectivity index (χ2v) is 6.95. The van der Waals surface area contributed by atoms with Gasteiger partial charge in [-0.1, -0.05) is 90.4 Å². The highest BCUT2D eigenvalue weighted by Crippen LogP contribution is 2.12. The maximum absolute atomic E-state index is 11.4. The molecule has 3 N–H and O–H groups in total. The first-order chi connectivity index (χ1) is 13.1. The number of nitrogens with two attached hydrogens (primary N) is 1. The van der Waals surface area contributed by atoms with Crippen LogP contribution in [0.1, 0.15) is 96.8 Å². The monoisotopic (exact) mass is 382 g/mol. The molecule has 0 aromatic heterocycles. The number of primary amides is 1. The molecule has 0 radical (unpaired) electrons. The number of hydrogen-bond acceptors (Lipinski definition) is 4. The van der Waals surface area contributed by atoms with Crippen molar-refractivity contribution < 1.29 is 19.1 Å². The molecule has 6 nitrogen and oxygen atoms in total. The summed E-state index contributed by atoms with van der Waals surface area (Å²) in [5.41, 5.74) is 4.78. The summed E-state index contributed by atoms with van der Waals surface area (Å²) in [5.74, 6) is -1.33. The van der Waals surface area contributed by atoms with Gasteiger partial charge in [0, 0.05) is 12.2 Å². The Labute approximate surface area is 164 Å². The molecule has 0 aliphatic rings. The smallest absolute Gasteiger partial charge is 0.330 e. The lowest BCUT2D eigenvalue weighted by Gasteiger charge is -2.04. The van der Waals surface area contributed by atoms with Gasteiger partial charge in [0.2, 0.25) is 0 Å². The summed E-state index contributed by atoms with van der Waals surface area (Å²) < 4.78 is 4.98. The molecule has 6 heteroatoms. The number of ether oxygens (including phenoxy) is 1. The van der Waals surface area contributed by atoms with Crippen LogP contribution in [-0.2, 0) is 14.3 Å². The maximum atomic E-state index is 11.4. The summed E-state index contributed by atoms with van der Waals surface area (Å²) >= 11 is 0.